The quantitative estimate of drug-likeness (QED) is 0.178. The number of pyridine rings is 2. The Morgan fingerprint density at radius 3 is 2.14 bits per heavy atom. The normalized spacial score (nSPS) is 10.7. The molecule has 0 fully saturated rings. The molecule has 3 aromatic carbocycles. The Balaban J connectivity index is 0.000000173. The molecule has 3 aromatic heterocycles. The minimum absolute atomic E-state index is 0. The molecule has 1 radical (unpaired) electrons. The van der Waals surface area contributed by atoms with Gasteiger partial charge in [0.2, 0.25) is 0 Å². The summed E-state index contributed by atoms with van der Waals surface area (Å²) in [5.74, 6) is 0.552. The van der Waals surface area contributed by atoms with Gasteiger partial charge in [0.25, 0.3) is 0 Å². The van der Waals surface area contributed by atoms with Crippen LogP contribution in [0.3, 0.4) is 0 Å². The summed E-state index contributed by atoms with van der Waals surface area (Å²) in [6.07, 6.45) is 3.66. The summed E-state index contributed by atoms with van der Waals surface area (Å²) in [5, 5.41) is 2.24. The first kappa shape index (κ1) is 26.5. The van der Waals surface area contributed by atoms with Crippen molar-refractivity contribution in [3.8, 4) is 22.5 Å². The number of furan rings is 1. The number of hydrogen-bond donors (Lipinski definition) is 0. The van der Waals surface area contributed by atoms with Gasteiger partial charge in [-0.05, 0) is 43.4 Å². The molecule has 37 heavy (non-hydrogen) atoms. The number of aryl methyl sites for hydroxylation is 2. The molecule has 0 saturated heterocycles. The van der Waals surface area contributed by atoms with E-state index in [2.05, 4.69) is 86.2 Å². The third-order valence-corrected chi connectivity index (χ3v) is 6.21. The van der Waals surface area contributed by atoms with Crippen molar-refractivity contribution in [2.75, 3.05) is 0 Å². The molecule has 0 atom stereocenters. The second-order valence-electron chi connectivity index (χ2n) is 9.32. The molecule has 0 spiro atoms. The third-order valence-electron chi connectivity index (χ3n) is 6.21. The molecule has 0 unspecified atom stereocenters. The number of nitrogens with zero attached hydrogens (tertiary/aromatic N) is 2. The minimum atomic E-state index is 0. The van der Waals surface area contributed by atoms with Crippen molar-refractivity contribution in [3.05, 3.63) is 120 Å². The Labute approximate surface area is 232 Å². The fourth-order valence-corrected chi connectivity index (χ4v) is 4.19. The SMILES string of the molecule is Cc1ccnc(-c2[c-]cc(C(C)C)cc2)c1.Cc1ccnc(-c2[c-]ccc3c2oc2ccccc23)c1.[Ir]. The molecule has 0 N–H and O–H groups in total. The molecule has 3 nitrogen and oxygen atoms in total. The van der Waals surface area contributed by atoms with Crippen molar-refractivity contribution in [1.82, 2.24) is 9.97 Å². The van der Waals surface area contributed by atoms with Crippen LogP contribution in [0.2, 0.25) is 0 Å². The monoisotopic (exact) mass is 661 g/mol. The molecule has 3 heterocycles. The number of benzene rings is 3. The minimum Gasteiger partial charge on any atom is -0.501 e. The molecule has 0 saturated carbocycles. The van der Waals surface area contributed by atoms with Crippen LogP contribution in [0.1, 0.15) is 36.5 Å². The van der Waals surface area contributed by atoms with E-state index in [1.807, 2.05) is 54.9 Å². The molecule has 6 aromatic rings. The molecule has 4 heteroatoms. The van der Waals surface area contributed by atoms with Gasteiger partial charge in [-0.25, -0.2) is 0 Å². The zero-order valence-corrected chi connectivity index (χ0v) is 23.8. The van der Waals surface area contributed by atoms with Crippen molar-refractivity contribution in [2.45, 2.75) is 33.6 Å². The van der Waals surface area contributed by atoms with Crippen LogP contribution in [0, 0.1) is 26.0 Å². The molecule has 187 valence electrons. The fraction of sp³-hybridized carbons (Fsp3) is 0.152. The Bertz CT molecular complexity index is 1630. The van der Waals surface area contributed by atoms with E-state index in [1.54, 1.807) is 0 Å². The Morgan fingerprint density at radius 1 is 0.757 bits per heavy atom. The molecule has 0 aliphatic carbocycles. The standard InChI is InChI=1S/C18H12NO.C15H16N.Ir/c1-12-9-10-19-16(11-12)15-7-4-6-14-13-5-2-3-8-17(13)20-18(14)15;1-11(2)13-4-6-14(7-5-13)15-10-12(3)8-9-16-15;/h2-6,8-11H,1H3;4-6,8-11H,1-3H3;/q2*-1;. The second kappa shape index (κ2) is 11.6. The van der Waals surface area contributed by atoms with Gasteiger partial charge in [0, 0.05) is 37.9 Å². The maximum atomic E-state index is 6.01. The van der Waals surface area contributed by atoms with Gasteiger partial charge in [-0.2, -0.15) is 0 Å². The second-order valence-corrected chi connectivity index (χ2v) is 9.32. The average molecular weight is 661 g/mol. The number of para-hydroxylation sites is 1. The summed E-state index contributed by atoms with van der Waals surface area (Å²) in [5.41, 5.74) is 9.35. The van der Waals surface area contributed by atoms with Gasteiger partial charge >= 0.3 is 0 Å². The van der Waals surface area contributed by atoms with E-state index in [9.17, 15) is 0 Å². The van der Waals surface area contributed by atoms with Gasteiger partial charge in [0.1, 0.15) is 5.58 Å². The maximum absolute atomic E-state index is 6.01. The number of hydrogen-bond acceptors (Lipinski definition) is 3. The van der Waals surface area contributed by atoms with Crippen molar-refractivity contribution in [1.29, 1.82) is 0 Å². The molecule has 0 aliphatic heterocycles. The van der Waals surface area contributed by atoms with Crippen molar-refractivity contribution in [2.24, 2.45) is 0 Å². The fourth-order valence-electron chi connectivity index (χ4n) is 4.19. The van der Waals surface area contributed by atoms with Crippen molar-refractivity contribution >= 4 is 21.9 Å². The summed E-state index contributed by atoms with van der Waals surface area (Å²) < 4.78 is 6.01. The first-order chi connectivity index (χ1) is 17.5. The first-order valence-electron chi connectivity index (χ1n) is 12.2. The van der Waals surface area contributed by atoms with Gasteiger partial charge in [-0.3, -0.25) is 0 Å². The Kier molecular flexibility index (Phi) is 8.33. The van der Waals surface area contributed by atoms with Gasteiger partial charge in [0.05, 0.1) is 5.58 Å². The zero-order chi connectivity index (χ0) is 25.1. The van der Waals surface area contributed by atoms with E-state index in [4.69, 9.17) is 4.42 Å². The summed E-state index contributed by atoms with van der Waals surface area (Å²) in [6, 6.07) is 33.1. The topological polar surface area (TPSA) is 38.9 Å². The number of aromatic nitrogens is 2. The van der Waals surface area contributed by atoms with E-state index in [1.165, 1.54) is 16.7 Å². The van der Waals surface area contributed by atoms with E-state index in [0.717, 1.165) is 44.5 Å². The maximum Gasteiger partial charge on any atom is 0.120 e. The van der Waals surface area contributed by atoms with Crippen LogP contribution in [0.4, 0.5) is 0 Å². The van der Waals surface area contributed by atoms with Crippen molar-refractivity contribution < 1.29 is 24.5 Å². The zero-order valence-electron chi connectivity index (χ0n) is 21.4. The van der Waals surface area contributed by atoms with Gasteiger partial charge in [-0.15, -0.1) is 53.6 Å². The van der Waals surface area contributed by atoms with E-state index < -0.39 is 0 Å². The van der Waals surface area contributed by atoms with E-state index in [0.29, 0.717) is 5.92 Å². The predicted molar refractivity (Wildman–Crippen MR) is 148 cm³/mol. The predicted octanol–water partition coefficient (Wildman–Crippen LogP) is 8.73. The van der Waals surface area contributed by atoms with E-state index in [-0.39, 0.29) is 20.1 Å². The summed E-state index contributed by atoms with van der Waals surface area (Å²) >= 11 is 0. The largest absolute Gasteiger partial charge is 0.501 e. The van der Waals surface area contributed by atoms with Crippen LogP contribution in [-0.4, -0.2) is 9.97 Å². The molecule has 0 bridgehead atoms. The molecular formula is C33H28IrN2O-2. The van der Waals surface area contributed by atoms with Crippen LogP contribution in [-0.2, 0) is 20.1 Å². The van der Waals surface area contributed by atoms with Crippen LogP contribution in [0.25, 0.3) is 44.5 Å². The van der Waals surface area contributed by atoms with Crippen LogP contribution < -0.4 is 0 Å². The Morgan fingerprint density at radius 2 is 1.46 bits per heavy atom. The summed E-state index contributed by atoms with van der Waals surface area (Å²) in [6.45, 7) is 8.51. The smallest absolute Gasteiger partial charge is 0.120 e. The summed E-state index contributed by atoms with van der Waals surface area (Å²) in [4.78, 5) is 8.79. The van der Waals surface area contributed by atoms with Crippen LogP contribution in [0.5, 0.6) is 0 Å². The van der Waals surface area contributed by atoms with Gasteiger partial charge < -0.3 is 14.4 Å². The average Bonchev–Trinajstić information content (AvgIpc) is 3.28. The molecule has 6 rings (SSSR count). The first-order valence-corrected chi connectivity index (χ1v) is 12.2. The molecule has 0 amide bonds. The van der Waals surface area contributed by atoms with Crippen LogP contribution >= 0.6 is 0 Å². The van der Waals surface area contributed by atoms with Crippen LogP contribution in [0.15, 0.2) is 95.7 Å². The van der Waals surface area contributed by atoms with Gasteiger partial charge in [-0.1, -0.05) is 72.2 Å². The third kappa shape index (κ3) is 5.88. The Hall–Kier alpha value is -3.59. The molecular weight excluding hydrogens is 633 g/mol. The van der Waals surface area contributed by atoms with Crippen molar-refractivity contribution in [3.63, 3.8) is 0 Å². The van der Waals surface area contributed by atoms with E-state index >= 15 is 0 Å². The number of rotatable bonds is 3. The molecule has 0 aliphatic rings. The van der Waals surface area contributed by atoms with Gasteiger partial charge in [0.15, 0.2) is 0 Å². The number of fused-ring (bicyclic) bond motifs is 3. The summed E-state index contributed by atoms with van der Waals surface area (Å²) in [7, 11) is 0.